The maximum Gasteiger partial charge on any atom is 0.238 e. The van der Waals surface area contributed by atoms with Crippen molar-refractivity contribution in [3.63, 3.8) is 0 Å². The summed E-state index contributed by atoms with van der Waals surface area (Å²) in [5.41, 5.74) is 1.64. The number of halogens is 1. The van der Waals surface area contributed by atoms with E-state index in [1.54, 1.807) is 30.5 Å². The van der Waals surface area contributed by atoms with Crippen molar-refractivity contribution in [1.82, 2.24) is 10.3 Å². The summed E-state index contributed by atoms with van der Waals surface area (Å²) in [6.45, 7) is 2.19. The summed E-state index contributed by atoms with van der Waals surface area (Å²) in [6, 6.07) is 12.7. The highest BCUT2D eigenvalue weighted by Gasteiger charge is 2.08. The number of aromatic nitrogens is 1. The standard InChI is InChI=1S/C15H16ClN3O/c1-11(14-4-2-3-9-17-14)18-10-15(20)19-13-7-5-12(16)6-8-13/h2-9,11,18H,10H2,1H3,(H,19,20)/t11-/m0/s1. The lowest BCUT2D eigenvalue weighted by atomic mass is 10.2. The first kappa shape index (κ1) is 14.5. The molecule has 0 saturated heterocycles. The molecule has 1 amide bonds. The Hall–Kier alpha value is -1.91. The van der Waals surface area contributed by atoms with E-state index in [1.165, 1.54) is 0 Å². The summed E-state index contributed by atoms with van der Waals surface area (Å²) >= 11 is 5.79. The van der Waals surface area contributed by atoms with Crippen LogP contribution in [0.1, 0.15) is 18.7 Å². The highest BCUT2D eigenvalue weighted by atomic mass is 35.5. The third-order valence-corrected chi connectivity index (χ3v) is 3.08. The average Bonchev–Trinajstić information content (AvgIpc) is 2.48. The van der Waals surface area contributed by atoms with Crippen molar-refractivity contribution >= 4 is 23.2 Å². The van der Waals surface area contributed by atoms with Crippen LogP contribution in [-0.2, 0) is 4.79 Å². The minimum Gasteiger partial charge on any atom is -0.325 e. The first-order valence-corrected chi connectivity index (χ1v) is 6.72. The number of hydrogen-bond donors (Lipinski definition) is 2. The largest absolute Gasteiger partial charge is 0.325 e. The molecule has 1 aromatic carbocycles. The van der Waals surface area contributed by atoms with Crippen molar-refractivity contribution in [3.05, 3.63) is 59.4 Å². The van der Waals surface area contributed by atoms with E-state index in [2.05, 4.69) is 15.6 Å². The van der Waals surface area contributed by atoms with E-state index in [1.807, 2.05) is 25.1 Å². The number of rotatable bonds is 5. The van der Waals surface area contributed by atoms with Crippen LogP contribution < -0.4 is 10.6 Å². The fourth-order valence-corrected chi connectivity index (χ4v) is 1.85. The number of carbonyl (C=O) groups is 1. The van der Waals surface area contributed by atoms with Gasteiger partial charge in [0.25, 0.3) is 0 Å². The van der Waals surface area contributed by atoms with E-state index in [0.29, 0.717) is 5.02 Å². The van der Waals surface area contributed by atoms with Crippen LogP contribution in [-0.4, -0.2) is 17.4 Å². The molecule has 0 unspecified atom stereocenters. The minimum atomic E-state index is -0.102. The number of pyridine rings is 1. The summed E-state index contributed by atoms with van der Waals surface area (Å²) in [5, 5.41) is 6.57. The average molecular weight is 290 g/mol. The summed E-state index contributed by atoms with van der Waals surface area (Å²) < 4.78 is 0. The van der Waals surface area contributed by atoms with Crippen LogP contribution in [0.4, 0.5) is 5.69 Å². The van der Waals surface area contributed by atoms with Gasteiger partial charge in [-0.3, -0.25) is 9.78 Å². The normalized spacial score (nSPS) is 11.9. The Morgan fingerprint density at radius 3 is 2.65 bits per heavy atom. The van der Waals surface area contributed by atoms with E-state index >= 15 is 0 Å². The van der Waals surface area contributed by atoms with E-state index in [4.69, 9.17) is 11.6 Å². The molecule has 0 fully saturated rings. The van der Waals surface area contributed by atoms with Crippen LogP contribution in [0.5, 0.6) is 0 Å². The molecule has 0 aliphatic rings. The number of nitrogens with one attached hydrogen (secondary N) is 2. The van der Waals surface area contributed by atoms with Crippen LogP contribution >= 0.6 is 11.6 Å². The molecule has 0 aliphatic carbocycles. The van der Waals surface area contributed by atoms with Crippen LogP contribution in [0.3, 0.4) is 0 Å². The summed E-state index contributed by atoms with van der Waals surface area (Å²) in [7, 11) is 0. The number of amides is 1. The fourth-order valence-electron chi connectivity index (χ4n) is 1.72. The van der Waals surface area contributed by atoms with Crippen LogP contribution in [0.25, 0.3) is 0 Å². The molecular weight excluding hydrogens is 274 g/mol. The second-order valence-corrected chi connectivity index (χ2v) is 4.85. The predicted molar refractivity (Wildman–Crippen MR) is 80.7 cm³/mol. The molecule has 2 N–H and O–H groups in total. The second kappa shape index (κ2) is 7.03. The maximum absolute atomic E-state index is 11.8. The lowest BCUT2D eigenvalue weighted by Gasteiger charge is -2.13. The predicted octanol–water partition coefficient (Wildman–Crippen LogP) is 3.02. The van der Waals surface area contributed by atoms with Crippen LogP contribution in [0, 0.1) is 0 Å². The van der Waals surface area contributed by atoms with Gasteiger partial charge in [0, 0.05) is 22.9 Å². The molecule has 1 aromatic heterocycles. The van der Waals surface area contributed by atoms with Crippen molar-refractivity contribution < 1.29 is 4.79 Å². The van der Waals surface area contributed by atoms with E-state index in [0.717, 1.165) is 11.4 Å². The Balaban J connectivity index is 1.82. The van der Waals surface area contributed by atoms with E-state index < -0.39 is 0 Å². The van der Waals surface area contributed by atoms with Gasteiger partial charge in [0.05, 0.1) is 12.2 Å². The second-order valence-electron chi connectivity index (χ2n) is 4.41. The molecule has 2 rings (SSSR count). The minimum absolute atomic E-state index is 0.0205. The fraction of sp³-hybridized carbons (Fsp3) is 0.200. The Bertz CT molecular complexity index is 557. The van der Waals surface area contributed by atoms with Gasteiger partial charge in [-0.1, -0.05) is 17.7 Å². The highest BCUT2D eigenvalue weighted by molar-refractivity contribution is 6.30. The first-order chi connectivity index (χ1) is 9.65. The zero-order chi connectivity index (χ0) is 14.4. The number of anilines is 1. The summed E-state index contributed by atoms with van der Waals surface area (Å²) in [4.78, 5) is 16.0. The van der Waals surface area contributed by atoms with Gasteiger partial charge in [0.15, 0.2) is 0 Å². The Morgan fingerprint density at radius 2 is 2.00 bits per heavy atom. The number of nitrogens with zero attached hydrogens (tertiary/aromatic N) is 1. The molecule has 0 spiro atoms. The Morgan fingerprint density at radius 1 is 1.25 bits per heavy atom. The van der Waals surface area contributed by atoms with Gasteiger partial charge in [-0.15, -0.1) is 0 Å². The van der Waals surface area contributed by atoms with Crippen molar-refractivity contribution in [2.75, 3.05) is 11.9 Å². The SMILES string of the molecule is C[C@H](NCC(=O)Nc1ccc(Cl)cc1)c1ccccn1. The van der Waals surface area contributed by atoms with Gasteiger partial charge in [-0.05, 0) is 43.3 Å². The zero-order valence-electron chi connectivity index (χ0n) is 11.1. The Labute approximate surface area is 123 Å². The third-order valence-electron chi connectivity index (χ3n) is 2.83. The van der Waals surface area contributed by atoms with Gasteiger partial charge >= 0.3 is 0 Å². The Kier molecular flexibility index (Phi) is 5.09. The molecule has 104 valence electrons. The molecule has 1 heterocycles. The monoisotopic (exact) mass is 289 g/mol. The topological polar surface area (TPSA) is 54.0 Å². The molecular formula is C15H16ClN3O. The highest BCUT2D eigenvalue weighted by Crippen LogP contribution is 2.13. The number of hydrogen-bond acceptors (Lipinski definition) is 3. The van der Waals surface area contributed by atoms with Gasteiger partial charge in [-0.2, -0.15) is 0 Å². The van der Waals surface area contributed by atoms with Crippen LogP contribution in [0.15, 0.2) is 48.7 Å². The smallest absolute Gasteiger partial charge is 0.238 e. The zero-order valence-corrected chi connectivity index (χ0v) is 11.9. The number of benzene rings is 1. The molecule has 4 nitrogen and oxygen atoms in total. The maximum atomic E-state index is 11.8. The molecule has 2 aromatic rings. The van der Waals surface area contributed by atoms with Crippen molar-refractivity contribution in [3.8, 4) is 0 Å². The van der Waals surface area contributed by atoms with Gasteiger partial charge in [-0.25, -0.2) is 0 Å². The van der Waals surface area contributed by atoms with Gasteiger partial charge < -0.3 is 10.6 Å². The van der Waals surface area contributed by atoms with Crippen molar-refractivity contribution in [1.29, 1.82) is 0 Å². The van der Waals surface area contributed by atoms with E-state index in [9.17, 15) is 4.79 Å². The molecule has 0 radical (unpaired) electrons. The lowest BCUT2D eigenvalue weighted by Crippen LogP contribution is -2.30. The molecule has 0 bridgehead atoms. The third kappa shape index (κ3) is 4.33. The molecule has 5 heteroatoms. The first-order valence-electron chi connectivity index (χ1n) is 6.35. The van der Waals surface area contributed by atoms with Gasteiger partial charge in [0.1, 0.15) is 0 Å². The van der Waals surface area contributed by atoms with E-state index in [-0.39, 0.29) is 18.5 Å². The molecule has 0 saturated carbocycles. The van der Waals surface area contributed by atoms with Crippen molar-refractivity contribution in [2.45, 2.75) is 13.0 Å². The van der Waals surface area contributed by atoms with Gasteiger partial charge in [0.2, 0.25) is 5.91 Å². The molecule has 1 atom stereocenters. The molecule has 0 aliphatic heterocycles. The summed E-state index contributed by atoms with van der Waals surface area (Å²) in [5.74, 6) is -0.102. The molecule has 20 heavy (non-hydrogen) atoms. The van der Waals surface area contributed by atoms with Crippen LogP contribution in [0.2, 0.25) is 5.02 Å². The van der Waals surface area contributed by atoms with Crippen molar-refractivity contribution in [2.24, 2.45) is 0 Å². The summed E-state index contributed by atoms with van der Waals surface area (Å²) in [6.07, 6.45) is 1.74. The number of carbonyl (C=O) groups excluding carboxylic acids is 1. The quantitative estimate of drug-likeness (QED) is 0.889. The lowest BCUT2D eigenvalue weighted by molar-refractivity contribution is -0.115.